The van der Waals surface area contributed by atoms with E-state index in [4.69, 9.17) is 20.8 Å². The number of aryl methyl sites for hydroxylation is 2. The second-order valence-corrected chi connectivity index (χ2v) is 6.38. The molecule has 0 N–H and O–H groups in total. The molecule has 1 aromatic carbocycles. The van der Waals surface area contributed by atoms with Crippen molar-refractivity contribution < 1.29 is 18.9 Å². The number of nitrogens with zero attached hydrogens (tertiary/aromatic N) is 3. The fourth-order valence-corrected chi connectivity index (χ4v) is 2.80. The van der Waals surface area contributed by atoms with Gasteiger partial charge in [0.25, 0.3) is 0 Å². The summed E-state index contributed by atoms with van der Waals surface area (Å²) in [7, 11) is 1.51. The first-order valence-corrected chi connectivity index (χ1v) is 8.60. The Balaban J connectivity index is 1.67. The minimum Gasteiger partial charge on any atom is -0.484 e. The SMILES string of the molecule is Cc1cccc(Cl)c1OCc1ccc(/C=C/C(=O)c2nn(C)cc2[N+](=O)[O-])o1. The number of allylic oxidation sites excluding steroid dienone is 1. The van der Waals surface area contributed by atoms with Crippen LogP contribution >= 0.6 is 11.6 Å². The largest absolute Gasteiger partial charge is 0.484 e. The average Bonchev–Trinajstić information content (AvgIpc) is 3.26. The highest BCUT2D eigenvalue weighted by molar-refractivity contribution is 6.32. The van der Waals surface area contributed by atoms with E-state index in [1.807, 2.05) is 19.1 Å². The maximum absolute atomic E-state index is 12.2. The summed E-state index contributed by atoms with van der Waals surface area (Å²) < 4.78 is 12.5. The maximum Gasteiger partial charge on any atom is 0.318 e. The van der Waals surface area contributed by atoms with Crippen LogP contribution < -0.4 is 4.74 Å². The normalized spacial score (nSPS) is 11.1. The number of ether oxygens (including phenoxy) is 1. The van der Waals surface area contributed by atoms with Crippen molar-refractivity contribution in [2.75, 3.05) is 0 Å². The highest BCUT2D eigenvalue weighted by Crippen LogP contribution is 2.29. The fourth-order valence-electron chi connectivity index (χ4n) is 2.53. The zero-order chi connectivity index (χ0) is 20.3. The Kier molecular flexibility index (Phi) is 5.60. The Hall–Kier alpha value is -3.39. The third kappa shape index (κ3) is 4.29. The van der Waals surface area contributed by atoms with Gasteiger partial charge in [0.1, 0.15) is 30.1 Å². The molecule has 0 saturated carbocycles. The molecule has 8 nitrogen and oxygen atoms in total. The number of furan rings is 1. The quantitative estimate of drug-likeness (QED) is 0.252. The number of carbonyl (C=O) groups is 1. The predicted molar refractivity (Wildman–Crippen MR) is 102 cm³/mol. The van der Waals surface area contributed by atoms with Crippen LogP contribution in [0.15, 0.2) is 47.0 Å². The highest BCUT2D eigenvalue weighted by Gasteiger charge is 2.23. The number of rotatable bonds is 7. The molecule has 2 heterocycles. The maximum atomic E-state index is 12.2. The van der Waals surface area contributed by atoms with Crippen LogP contribution in [0.4, 0.5) is 5.69 Å². The Bertz CT molecular complexity index is 1050. The number of carbonyl (C=O) groups excluding carboxylic acids is 1. The predicted octanol–water partition coefficient (Wildman–Crippen LogP) is 4.36. The van der Waals surface area contributed by atoms with E-state index in [-0.39, 0.29) is 18.0 Å². The molecule has 0 atom stereocenters. The summed E-state index contributed by atoms with van der Waals surface area (Å²) in [6, 6.07) is 8.83. The lowest BCUT2D eigenvalue weighted by molar-refractivity contribution is -0.385. The second-order valence-electron chi connectivity index (χ2n) is 5.97. The highest BCUT2D eigenvalue weighted by atomic mass is 35.5. The van der Waals surface area contributed by atoms with Gasteiger partial charge in [0.15, 0.2) is 0 Å². The van der Waals surface area contributed by atoms with Gasteiger partial charge in [-0.3, -0.25) is 19.6 Å². The van der Waals surface area contributed by atoms with Crippen LogP contribution in [0.5, 0.6) is 5.75 Å². The van der Waals surface area contributed by atoms with Crippen molar-refractivity contribution in [1.29, 1.82) is 0 Å². The number of aromatic nitrogens is 2. The van der Waals surface area contributed by atoms with Crippen molar-refractivity contribution in [3.8, 4) is 5.75 Å². The van der Waals surface area contributed by atoms with Gasteiger partial charge in [-0.15, -0.1) is 0 Å². The molecule has 0 bridgehead atoms. The van der Waals surface area contributed by atoms with Gasteiger partial charge < -0.3 is 9.15 Å². The summed E-state index contributed by atoms with van der Waals surface area (Å²) in [5, 5.41) is 15.3. The molecule has 0 spiro atoms. The van der Waals surface area contributed by atoms with Gasteiger partial charge in [0, 0.05) is 7.05 Å². The molecule has 0 aliphatic rings. The van der Waals surface area contributed by atoms with Crippen LogP contribution in [-0.4, -0.2) is 20.5 Å². The first-order chi connectivity index (χ1) is 13.3. The fraction of sp³-hybridized carbons (Fsp3) is 0.158. The third-order valence-electron chi connectivity index (χ3n) is 3.84. The van der Waals surface area contributed by atoms with E-state index in [1.54, 1.807) is 18.2 Å². The molecule has 0 aliphatic carbocycles. The first kappa shape index (κ1) is 19.4. The second kappa shape index (κ2) is 8.10. The summed E-state index contributed by atoms with van der Waals surface area (Å²) >= 11 is 6.12. The lowest BCUT2D eigenvalue weighted by atomic mass is 10.2. The molecule has 28 heavy (non-hydrogen) atoms. The monoisotopic (exact) mass is 401 g/mol. The van der Waals surface area contributed by atoms with Crippen LogP contribution in [-0.2, 0) is 13.7 Å². The van der Waals surface area contributed by atoms with Crippen molar-refractivity contribution in [1.82, 2.24) is 9.78 Å². The van der Waals surface area contributed by atoms with Crippen molar-refractivity contribution in [2.24, 2.45) is 7.05 Å². The van der Waals surface area contributed by atoms with Gasteiger partial charge in [-0.2, -0.15) is 5.10 Å². The summed E-state index contributed by atoms with van der Waals surface area (Å²) in [6.07, 6.45) is 3.78. The van der Waals surface area contributed by atoms with Gasteiger partial charge in [0.2, 0.25) is 11.5 Å². The van der Waals surface area contributed by atoms with E-state index >= 15 is 0 Å². The van der Waals surface area contributed by atoms with E-state index in [2.05, 4.69) is 5.10 Å². The molecule has 0 saturated heterocycles. The van der Waals surface area contributed by atoms with Crippen molar-refractivity contribution in [3.05, 3.63) is 80.5 Å². The minimum absolute atomic E-state index is 0.165. The lowest BCUT2D eigenvalue weighted by Crippen LogP contribution is -2.00. The molecular weight excluding hydrogens is 386 g/mol. The van der Waals surface area contributed by atoms with Crippen LogP contribution in [0.3, 0.4) is 0 Å². The number of nitro groups is 1. The standard InChI is InChI=1S/C19H16ClN3O5/c1-12-4-3-5-15(20)19(12)27-11-14-7-6-13(28-14)8-9-17(24)18-16(23(25)26)10-22(2)21-18/h3-10H,11H2,1-2H3/b9-8+. The summed E-state index contributed by atoms with van der Waals surface area (Å²) in [6.45, 7) is 2.05. The van der Waals surface area contributed by atoms with Gasteiger partial charge in [-0.25, -0.2) is 0 Å². The smallest absolute Gasteiger partial charge is 0.318 e. The number of para-hydroxylation sites is 1. The molecule has 3 aromatic rings. The van der Waals surface area contributed by atoms with Crippen LogP contribution in [0.1, 0.15) is 27.6 Å². The van der Waals surface area contributed by atoms with Gasteiger partial charge in [0.05, 0.1) is 9.95 Å². The van der Waals surface area contributed by atoms with Crippen LogP contribution in [0.25, 0.3) is 6.08 Å². The van der Waals surface area contributed by atoms with E-state index < -0.39 is 10.7 Å². The molecule has 9 heteroatoms. The summed E-state index contributed by atoms with van der Waals surface area (Å²) in [5.74, 6) is 0.931. The molecule has 144 valence electrons. The van der Waals surface area contributed by atoms with E-state index in [0.717, 1.165) is 5.56 Å². The summed E-state index contributed by atoms with van der Waals surface area (Å²) in [4.78, 5) is 22.5. The van der Waals surface area contributed by atoms with Gasteiger partial charge in [-0.05, 0) is 42.8 Å². The zero-order valence-electron chi connectivity index (χ0n) is 15.1. The van der Waals surface area contributed by atoms with Crippen molar-refractivity contribution in [2.45, 2.75) is 13.5 Å². The third-order valence-corrected chi connectivity index (χ3v) is 4.14. The van der Waals surface area contributed by atoms with Crippen LogP contribution in [0.2, 0.25) is 5.02 Å². The molecule has 0 amide bonds. The number of halogens is 1. The van der Waals surface area contributed by atoms with E-state index in [0.29, 0.717) is 22.3 Å². The van der Waals surface area contributed by atoms with E-state index in [9.17, 15) is 14.9 Å². The minimum atomic E-state index is -0.646. The Labute approximate surface area is 165 Å². The number of benzene rings is 1. The molecule has 0 aliphatic heterocycles. The average molecular weight is 402 g/mol. The lowest BCUT2D eigenvalue weighted by Gasteiger charge is -2.09. The van der Waals surface area contributed by atoms with Gasteiger partial charge >= 0.3 is 5.69 Å². The Morgan fingerprint density at radius 1 is 1.39 bits per heavy atom. The Morgan fingerprint density at radius 3 is 2.89 bits per heavy atom. The number of hydrogen-bond acceptors (Lipinski definition) is 6. The van der Waals surface area contributed by atoms with Crippen molar-refractivity contribution in [3.63, 3.8) is 0 Å². The molecule has 2 aromatic heterocycles. The van der Waals surface area contributed by atoms with E-state index in [1.165, 1.54) is 30.1 Å². The zero-order valence-corrected chi connectivity index (χ0v) is 15.8. The Morgan fingerprint density at radius 2 is 2.18 bits per heavy atom. The topological polar surface area (TPSA) is 100 Å². The molecule has 0 fully saturated rings. The first-order valence-electron chi connectivity index (χ1n) is 8.22. The number of ketones is 1. The van der Waals surface area contributed by atoms with Gasteiger partial charge in [-0.1, -0.05) is 23.7 Å². The molecule has 0 radical (unpaired) electrons. The van der Waals surface area contributed by atoms with Crippen LogP contribution in [0, 0.1) is 17.0 Å². The molecular formula is C19H16ClN3O5. The molecule has 0 unspecified atom stereocenters. The number of hydrogen-bond donors (Lipinski definition) is 0. The summed E-state index contributed by atoms with van der Waals surface area (Å²) in [5.41, 5.74) is 0.329. The van der Waals surface area contributed by atoms with Crippen molar-refractivity contribution >= 4 is 29.1 Å². The molecule has 3 rings (SSSR count).